The van der Waals surface area contributed by atoms with Gasteiger partial charge in [-0.05, 0) is 67.9 Å². The molecule has 1 N–H and O–H groups in total. The molecule has 1 aromatic heterocycles. The van der Waals surface area contributed by atoms with Crippen molar-refractivity contribution in [2.24, 2.45) is 0 Å². The lowest BCUT2D eigenvalue weighted by Crippen LogP contribution is -2.51. The van der Waals surface area contributed by atoms with Gasteiger partial charge in [0.1, 0.15) is 11.5 Å². The van der Waals surface area contributed by atoms with Gasteiger partial charge in [-0.1, -0.05) is 0 Å². The Hall–Kier alpha value is -3.43. The highest BCUT2D eigenvalue weighted by atomic mass is 32.1. The molecule has 190 valence electrons. The molecule has 9 heteroatoms. The van der Waals surface area contributed by atoms with E-state index in [2.05, 4.69) is 10.2 Å². The number of carbonyl (C=O) groups is 2. The smallest absolute Gasteiger partial charge is 0.282 e. The van der Waals surface area contributed by atoms with Crippen LogP contribution >= 0.6 is 11.3 Å². The number of carbonyl (C=O) groups excluding carboxylic acids is 2. The Morgan fingerprint density at radius 2 is 1.47 bits per heavy atom. The SMILES string of the molecule is COc1ccc(-c2nc(C(=O)N3CCN(CC(=O)NC(C)C)CC3)sc2-c2ccc(OC)cc2)cc1. The number of piperazine rings is 1. The summed E-state index contributed by atoms with van der Waals surface area (Å²) >= 11 is 1.40. The average Bonchev–Trinajstić information content (AvgIpc) is 3.34. The van der Waals surface area contributed by atoms with Crippen LogP contribution in [0.15, 0.2) is 48.5 Å². The highest BCUT2D eigenvalue weighted by molar-refractivity contribution is 7.17. The Labute approximate surface area is 215 Å². The van der Waals surface area contributed by atoms with Gasteiger partial charge in [0.15, 0.2) is 5.01 Å². The maximum Gasteiger partial charge on any atom is 0.282 e. The van der Waals surface area contributed by atoms with Gasteiger partial charge in [0.2, 0.25) is 5.91 Å². The Kier molecular flexibility index (Phi) is 8.22. The zero-order valence-corrected chi connectivity index (χ0v) is 21.9. The molecular formula is C27H32N4O4S. The standard InChI is InChI=1S/C27H32N4O4S/c1-18(2)28-23(32)17-30-13-15-31(16-14-30)27(33)26-29-24(19-5-9-21(34-3)10-6-19)25(36-26)20-7-11-22(35-4)12-8-20/h5-12,18H,13-17H2,1-4H3,(H,28,32). The van der Waals surface area contributed by atoms with Crippen molar-refractivity contribution >= 4 is 23.2 Å². The van der Waals surface area contributed by atoms with Crippen LogP contribution in [-0.4, -0.2) is 79.6 Å². The zero-order chi connectivity index (χ0) is 25.7. The van der Waals surface area contributed by atoms with E-state index < -0.39 is 0 Å². The van der Waals surface area contributed by atoms with Crippen molar-refractivity contribution in [3.63, 3.8) is 0 Å². The number of aromatic nitrogens is 1. The number of benzene rings is 2. The van der Waals surface area contributed by atoms with Crippen LogP contribution in [0.3, 0.4) is 0 Å². The molecule has 0 spiro atoms. The van der Waals surface area contributed by atoms with E-state index in [9.17, 15) is 9.59 Å². The number of methoxy groups -OCH3 is 2. The number of nitrogens with one attached hydrogen (secondary N) is 1. The van der Waals surface area contributed by atoms with Crippen LogP contribution in [0.2, 0.25) is 0 Å². The molecule has 0 radical (unpaired) electrons. The predicted molar refractivity (Wildman–Crippen MR) is 142 cm³/mol. The van der Waals surface area contributed by atoms with Crippen molar-refractivity contribution in [2.45, 2.75) is 19.9 Å². The summed E-state index contributed by atoms with van der Waals surface area (Å²) in [5.41, 5.74) is 2.65. The molecule has 1 aliphatic rings. The highest BCUT2D eigenvalue weighted by Crippen LogP contribution is 2.38. The van der Waals surface area contributed by atoms with E-state index in [1.807, 2.05) is 67.3 Å². The van der Waals surface area contributed by atoms with Gasteiger partial charge in [0.25, 0.3) is 5.91 Å². The molecule has 0 bridgehead atoms. The van der Waals surface area contributed by atoms with E-state index in [0.29, 0.717) is 37.7 Å². The summed E-state index contributed by atoms with van der Waals surface area (Å²) in [7, 11) is 3.27. The van der Waals surface area contributed by atoms with Crippen molar-refractivity contribution in [2.75, 3.05) is 46.9 Å². The van der Waals surface area contributed by atoms with Gasteiger partial charge >= 0.3 is 0 Å². The first-order valence-electron chi connectivity index (χ1n) is 12.0. The number of hydrogen-bond acceptors (Lipinski definition) is 7. The van der Waals surface area contributed by atoms with Crippen LogP contribution in [0.25, 0.3) is 21.7 Å². The van der Waals surface area contributed by atoms with E-state index >= 15 is 0 Å². The number of hydrogen-bond donors (Lipinski definition) is 1. The minimum Gasteiger partial charge on any atom is -0.497 e. The van der Waals surface area contributed by atoms with E-state index in [1.54, 1.807) is 14.2 Å². The van der Waals surface area contributed by atoms with Crippen LogP contribution in [0.5, 0.6) is 11.5 Å². The molecule has 8 nitrogen and oxygen atoms in total. The number of ether oxygens (including phenoxy) is 2. The lowest BCUT2D eigenvalue weighted by atomic mass is 10.1. The Morgan fingerprint density at radius 1 is 0.917 bits per heavy atom. The molecular weight excluding hydrogens is 476 g/mol. The third-order valence-electron chi connectivity index (χ3n) is 6.00. The fourth-order valence-electron chi connectivity index (χ4n) is 4.11. The molecule has 0 atom stereocenters. The van der Waals surface area contributed by atoms with Crippen molar-refractivity contribution in [3.8, 4) is 33.2 Å². The molecule has 1 fully saturated rings. The summed E-state index contributed by atoms with van der Waals surface area (Å²) in [5, 5.41) is 3.38. The first kappa shape index (κ1) is 25.7. The number of thiazole rings is 1. The predicted octanol–water partition coefficient (Wildman–Crippen LogP) is 3.78. The maximum atomic E-state index is 13.4. The number of amides is 2. The quantitative estimate of drug-likeness (QED) is 0.499. The van der Waals surface area contributed by atoms with Gasteiger partial charge in [-0.25, -0.2) is 4.98 Å². The van der Waals surface area contributed by atoms with Gasteiger partial charge < -0.3 is 19.7 Å². The van der Waals surface area contributed by atoms with Crippen LogP contribution in [0.4, 0.5) is 0 Å². The Balaban J connectivity index is 1.55. The minimum absolute atomic E-state index is 0.0120. The molecule has 3 aromatic rings. The van der Waals surface area contributed by atoms with Gasteiger partial charge in [0.05, 0.1) is 31.3 Å². The molecule has 2 amide bonds. The fourth-order valence-corrected chi connectivity index (χ4v) is 5.17. The fraction of sp³-hybridized carbons (Fsp3) is 0.370. The summed E-state index contributed by atoms with van der Waals surface area (Å²) in [6.45, 7) is 6.66. The molecule has 36 heavy (non-hydrogen) atoms. The molecule has 1 aliphatic heterocycles. The monoisotopic (exact) mass is 508 g/mol. The Morgan fingerprint density at radius 3 is 2.00 bits per heavy atom. The molecule has 4 rings (SSSR count). The second-order valence-electron chi connectivity index (χ2n) is 8.94. The third kappa shape index (κ3) is 6.03. The van der Waals surface area contributed by atoms with E-state index in [0.717, 1.165) is 33.2 Å². The molecule has 0 aliphatic carbocycles. The lowest BCUT2D eigenvalue weighted by molar-refractivity contribution is -0.123. The average molecular weight is 509 g/mol. The third-order valence-corrected chi connectivity index (χ3v) is 7.09. The van der Waals surface area contributed by atoms with Crippen molar-refractivity contribution in [3.05, 3.63) is 53.5 Å². The van der Waals surface area contributed by atoms with Crippen molar-refractivity contribution in [1.82, 2.24) is 20.1 Å². The van der Waals surface area contributed by atoms with E-state index in [4.69, 9.17) is 14.5 Å². The Bertz CT molecular complexity index is 1120. The van der Waals surface area contributed by atoms with Crippen molar-refractivity contribution in [1.29, 1.82) is 0 Å². The second-order valence-corrected chi connectivity index (χ2v) is 9.94. The zero-order valence-electron chi connectivity index (χ0n) is 21.1. The van der Waals surface area contributed by atoms with Gasteiger partial charge in [0, 0.05) is 37.8 Å². The van der Waals surface area contributed by atoms with Crippen LogP contribution < -0.4 is 14.8 Å². The topological polar surface area (TPSA) is 84.0 Å². The first-order valence-corrected chi connectivity index (χ1v) is 12.8. The van der Waals surface area contributed by atoms with Gasteiger partial charge in [-0.2, -0.15) is 0 Å². The van der Waals surface area contributed by atoms with E-state index in [-0.39, 0.29) is 17.9 Å². The summed E-state index contributed by atoms with van der Waals surface area (Å²) in [5.74, 6) is 1.46. The molecule has 2 aromatic carbocycles. The van der Waals surface area contributed by atoms with Crippen LogP contribution in [-0.2, 0) is 4.79 Å². The normalized spacial score (nSPS) is 14.1. The molecule has 1 saturated heterocycles. The maximum absolute atomic E-state index is 13.4. The van der Waals surface area contributed by atoms with Gasteiger partial charge in [-0.15, -0.1) is 11.3 Å². The largest absolute Gasteiger partial charge is 0.497 e. The molecule has 2 heterocycles. The van der Waals surface area contributed by atoms with Crippen LogP contribution in [0.1, 0.15) is 23.6 Å². The van der Waals surface area contributed by atoms with Crippen molar-refractivity contribution < 1.29 is 19.1 Å². The van der Waals surface area contributed by atoms with E-state index in [1.165, 1.54) is 11.3 Å². The summed E-state index contributed by atoms with van der Waals surface area (Å²) in [6.07, 6.45) is 0. The molecule has 0 saturated carbocycles. The highest BCUT2D eigenvalue weighted by Gasteiger charge is 2.27. The summed E-state index contributed by atoms with van der Waals surface area (Å²) in [4.78, 5) is 35.2. The van der Waals surface area contributed by atoms with Gasteiger partial charge in [-0.3, -0.25) is 14.5 Å². The summed E-state index contributed by atoms with van der Waals surface area (Å²) in [6, 6.07) is 15.6. The number of rotatable bonds is 8. The minimum atomic E-state index is -0.0826. The molecule has 0 unspecified atom stereocenters. The lowest BCUT2D eigenvalue weighted by Gasteiger charge is -2.34. The first-order chi connectivity index (χ1) is 17.4. The number of nitrogens with zero attached hydrogens (tertiary/aromatic N) is 3. The second kappa shape index (κ2) is 11.5. The summed E-state index contributed by atoms with van der Waals surface area (Å²) < 4.78 is 10.6. The van der Waals surface area contributed by atoms with Crippen LogP contribution in [0, 0.1) is 0 Å².